The van der Waals surface area contributed by atoms with E-state index in [4.69, 9.17) is 0 Å². The van der Waals surface area contributed by atoms with Crippen molar-refractivity contribution >= 4 is 48.1 Å². The molecule has 4 rings (SSSR count). The number of amides is 2. The molecule has 0 aromatic heterocycles. The fourth-order valence-corrected chi connectivity index (χ4v) is 4.76. The Balaban J connectivity index is 0.00000253. The molecule has 2 aromatic carbocycles. The number of nitrogens with one attached hydrogen (secondary N) is 2. The van der Waals surface area contributed by atoms with Gasteiger partial charge in [-0.05, 0) is 54.8 Å². The molecule has 2 aliphatic rings. The summed E-state index contributed by atoms with van der Waals surface area (Å²) >= 11 is 0. The number of carbonyl (C=O) groups is 3. The molecule has 0 saturated heterocycles. The van der Waals surface area contributed by atoms with E-state index in [1.54, 1.807) is 23.0 Å². The van der Waals surface area contributed by atoms with E-state index < -0.39 is 0 Å². The third kappa shape index (κ3) is 7.02. The Labute approximate surface area is 235 Å². The zero-order valence-corrected chi connectivity index (χ0v) is 23.6. The molecule has 38 heavy (non-hydrogen) atoms. The van der Waals surface area contributed by atoms with Gasteiger partial charge in [-0.3, -0.25) is 19.4 Å². The molecule has 0 radical (unpaired) electrons. The number of hydrogen-bond donors (Lipinski definition) is 2. The second kappa shape index (κ2) is 13.9. The Morgan fingerprint density at radius 1 is 1.08 bits per heavy atom. The summed E-state index contributed by atoms with van der Waals surface area (Å²) in [6.07, 6.45) is 1.25. The molecule has 1 aliphatic carbocycles. The molecular weight excluding hydrogens is 532 g/mol. The van der Waals surface area contributed by atoms with Crippen LogP contribution in [0.5, 0.6) is 0 Å². The van der Waals surface area contributed by atoms with Crippen LogP contribution in [0.3, 0.4) is 0 Å². The first kappa shape index (κ1) is 31.5. The van der Waals surface area contributed by atoms with Crippen LogP contribution < -0.4 is 10.6 Å². The largest absolute Gasteiger partial charge is 0.376 e. The smallest absolute Gasteiger partial charge is 0.256 e. The number of rotatable bonds is 10. The standard InChI is InChI=1S/C27H34FN5O3.2ClH/c1-4-29-10-11-32(17-27(36)31(3)33-15-20-6-5-7-23(28)22(20)16-33)26(35)14-30-24-13-19-8-9-25(34)21(19)12-18(24)2;;/h5-7,12-13,29-30H,4,8-11,14-17H2,1-3H3;2*1H. The molecule has 8 nitrogen and oxygen atoms in total. The normalized spacial score (nSPS) is 13.7. The number of benzene rings is 2. The van der Waals surface area contributed by atoms with Gasteiger partial charge >= 0.3 is 0 Å². The van der Waals surface area contributed by atoms with Gasteiger partial charge < -0.3 is 15.5 Å². The van der Waals surface area contributed by atoms with Gasteiger partial charge in [0.1, 0.15) is 12.4 Å². The molecule has 0 unspecified atom stereocenters. The minimum absolute atomic E-state index is 0. The minimum atomic E-state index is -0.268. The molecule has 0 fully saturated rings. The predicted octanol–water partition coefficient (Wildman–Crippen LogP) is 3.35. The van der Waals surface area contributed by atoms with Crippen LogP contribution in [0.25, 0.3) is 0 Å². The quantitative estimate of drug-likeness (QED) is 0.428. The van der Waals surface area contributed by atoms with Crippen molar-refractivity contribution in [2.75, 3.05) is 45.1 Å². The highest BCUT2D eigenvalue weighted by Gasteiger charge is 2.29. The summed E-state index contributed by atoms with van der Waals surface area (Å²) in [5.74, 6) is -0.533. The fraction of sp³-hybridized carbons (Fsp3) is 0.444. The average molecular weight is 569 g/mol. The van der Waals surface area contributed by atoms with Crippen molar-refractivity contribution in [1.29, 1.82) is 0 Å². The van der Waals surface area contributed by atoms with E-state index in [0.29, 0.717) is 38.2 Å². The molecule has 1 heterocycles. The second-order valence-electron chi connectivity index (χ2n) is 9.39. The van der Waals surface area contributed by atoms with Gasteiger partial charge in [-0.15, -0.1) is 24.8 Å². The summed E-state index contributed by atoms with van der Waals surface area (Å²) in [6.45, 7) is 6.35. The number of ketones is 1. The zero-order valence-electron chi connectivity index (χ0n) is 22.0. The second-order valence-corrected chi connectivity index (χ2v) is 9.39. The van der Waals surface area contributed by atoms with E-state index in [1.807, 2.05) is 32.0 Å². The van der Waals surface area contributed by atoms with E-state index in [1.165, 1.54) is 11.1 Å². The number of fused-ring (bicyclic) bond motifs is 2. The topological polar surface area (TPSA) is 85.0 Å². The van der Waals surface area contributed by atoms with Gasteiger partial charge in [-0.25, -0.2) is 9.40 Å². The average Bonchev–Trinajstić information content (AvgIpc) is 3.46. The SMILES string of the molecule is CCNCCN(CC(=O)N(C)N1Cc2cccc(F)c2C1)C(=O)CNc1cc2c(cc1C)C(=O)CC2.Cl.Cl. The Hall–Kier alpha value is -2.72. The van der Waals surface area contributed by atoms with E-state index in [2.05, 4.69) is 10.6 Å². The van der Waals surface area contributed by atoms with Crippen LogP contribution in [0.1, 0.15) is 46.0 Å². The van der Waals surface area contributed by atoms with Gasteiger partial charge in [0.15, 0.2) is 5.78 Å². The van der Waals surface area contributed by atoms with Crippen LogP contribution in [0.4, 0.5) is 10.1 Å². The molecule has 11 heteroatoms. The van der Waals surface area contributed by atoms with Gasteiger partial charge in [0.2, 0.25) is 5.91 Å². The van der Waals surface area contributed by atoms with Crippen LogP contribution in [0, 0.1) is 12.7 Å². The lowest BCUT2D eigenvalue weighted by Gasteiger charge is -2.31. The molecule has 2 aromatic rings. The number of halogens is 3. The fourth-order valence-electron chi connectivity index (χ4n) is 4.76. The molecule has 0 atom stereocenters. The zero-order chi connectivity index (χ0) is 25.8. The Morgan fingerprint density at radius 2 is 1.84 bits per heavy atom. The van der Waals surface area contributed by atoms with Crippen LogP contribution in [0.15, 0.2) is 30.3 Å². The van der Waals surface area contributed by atoms with Crippen LogP contribution in [-0.2, 0) is 29.1 Å². The highest BCUT2D eigenvalue weighted by molar-refractivity contribution is 6.01. The van der Waals surface area contributed by atoms with Crippen molar-refractivity contribution in [2.45, 2.75) is 39.8 Å². The van der Waals surface area contributed by atoms with E-state index in [0.717, 1.165) is 40.9 Å². The molecule has 0 bridgehead atoms. The van der Waals surface area contributed by atoms with Gasteiger partial charge in [0.25, 0.3) is 5.91 Å². The monoisotopic (exact) mass is 567 g/mol. The molecule has 2 N–H and O–H groups in total. The predicted molar refractivity (Wildman–Crippen MR) is 150 cm³/mol. The van der Waals surface area contributed by atoms with E-state index in [-0.39, 0.29) is 61.3 Å². The molecule has 2 amide bonds. The maximum absolute atomic E-state index is 14.1. The van der Waals surface area contributed by atoms with Gasteiger partial charge in [0, 0.05) is 56.5 Å². The van der Waals surface area contributed by atoms with Crippen molar-refractivity contribution in [3.8, 4) is 0 Å². The summed E-state index contributed by atoms with van der Waals surface area (Å²) < 4.78 is 14.1. The summed E-state index contributed by atoms with van der Waals surface area (Å²) in [4.78, 5) is 39.8. The Kier molecular flexibility index (Phi) is 11.5. The van der Waals surface area contributed by atoms with Crippen molar-refractivity contribution in [3.05, 3.63) is 64.0 Å². The number of aryl methyl sites for hydroxylation is 2. The van der Waals surface area contributed by atoms with Crippen molar-refractivity contribution in [2.24, 2.45) is 0 Å². The van der Waals surface area contributed by atoms with E-state index in [9.17, 15) is 18.8 Å². The first-order valence-corrected chi connectivity index (χ1v) is 12.4. The lowest BCUT2D eigenvalue weighted by Crippen LogP contribution is -2.49. The number of carbonyl (C=O) groups excluding carboxylic acids is 3. The number of hydrazine groups is 1. The summed E-state index contributed by atoms with van der Waals surface area (Å²) in [5.41, 5.74) is 4.98. The molecule has 0 spiro atoms. The summed E-state index contributed by atoms with van der Waals surface area (Å²) in [5, 5.41) is 9.68. The van der Waals surface area contributed by atoms with Gasteiger partial charge in [0.05, 0.1) is 6.54 Å². The maximum atomic E-state index is 14.1. The van der Waals surface area contributed by atoms with Crippen LogP contribution in [-0.4, -0.2) is 72.3 Å². The van der Waals surface area contributed by atoms with Gasteiger partial charge in [-0.2, -0.15) is 0 Å². The number of Topliss-reactive ketones (excluding diaryl/α,β-unsaturated/α-hetero) is 1. The Bertz CT molecular complexity index is 1180. The number of nitrogens with zero attached hydrogens (tertiary/aromatic N) is 3. The minimum Gasteiger partial charge on any atom is -0.376 e. The van der Waals surface area contributed by atoms with Crippen LogP contribution in [0.2, 0.25) is 0 Å². The highest BCUT2D eigenvalue weighted by Crippen LogP contribution is 2.28. The number of likely N-dealkylation sites (N-methyl/N-ethyl adjacent to an activating group) is 2. The van der Waals surface area contributed by atoms with E-state index >= 15 is 0 Å². The lowest BCUT2D eigenvalue weighted by molar-refractivity contribution is -0.151. The van der Waals surface area contributed by atoms with Crippen molar-refractivity contribution in [3.63, 3.8) is 0 Å². The summed E-state index contributed by atoms with van der Waals surface area (Å²) in [7, 11) is 1.66. The first-order valence-electron chi connectivity index (χ1n) is 12.4. The lowest BCUT2D eigenvalue weighted by atomic mass is 10.0. The highest BCUT2D eigenvalue weighted by atomic mass is 35.5. The third-order valence-corrected chi connectivity index (χ3v) is 6.98. The molecular formula is C27H36Cl2FN5O3. The van der Waals surface area contributed by atoms with Crippen LogP contribution >= 0.6 is 24.8 Å². The molecule has 0 saturated carbocycles. The third-order valence-electron chi connectivity index (χ3n) is 6.98. The first-order chi connectivity index (χ1) is 17.3. The van der Waals surface area contributed by atoms with Crippen molar-refractivity contribution < 1.29 is 18.8 Å². The number of anilines is 1. The maximum Gasteiger partial charge on any atom is 0.256 e. The Morgan fingerprint density at radius 3 is 2.55 bits per heavy atom. The molecule has 208 valence electrons. The van der Waals surface area contributed by atoms with Crippen molar-refractivity contribution in [1.82, 2.24) is 20.2 Å². The summed E-state index contributed by atoms with van der Waals surface area (Å²) in [6, 6.07) is 8.81. The van der Waals surface area contributed by atoms with Gasteiger partial charge in [-0.1, -0.05) is 19.1 Å². The molecule has 1 aliphatic heterocycles. The number of hydrogen-bond acceptors (Lipinski definition) is 6.